The highest BCUT2D eigenvalue weighted by atomic mass is 79.9. The second-order valence-electron chi connectivity index (χ2n) is 5.73. The molecule has 0 N–H and O–H groups in total. The van der Waals surface area contributed by atoms with E-state index in [4.69, 9.17) is 0 Å². The number of aryl methyl sites for hydroxylation is 1. The van der Waals surface area contributed by atoms with E-state index in [1.165, 1.54) is 19.3 Å². The number of hydrogen-bond acceptors (Lipinski definition) is 1. The van der Waals surface area contributed by atoms with Crippen LogP contribution >= 0.6 is 15.9 Å². The van der Waals surface area contributed by atoms with Crippen molar-refractivity contribution in [1.82, 2.24) is 4.90 Å². The molecule has 0 aromatic heterocycles. The van der Waals surface area contributed by atoms with Crippen LogP contribution in [0.3, 0.4) is 0 Å². The largest absolute Gasteiger partial charge is 0.338 e. The molecular formula is C16H22BrNO. The van der Waals surface area contributed by atoms with Crippen molar-refractivity contribution in [3.63, 3.8) is 0 Å². The maximum Gasteiger partial charge on any atom is 0.254 e. The van der Waals surface area contributed by atoms with Crippen LogP contribution in [-0.2, 0) is 0 Å². The van der Waals surface area contributed by atoms with Crippen molar-refractivity contribution >= 4 is 21.8 Å². The summed E-state index contributed by atoms with van der Waals surface area (Å²) in [4.78, 5) is 14.6. The SMILES string of the molecule is Cc1ccc(C(=O)N(C)C2CCCCC2C)c(Br)c1. The van der Waals surface area contributed by atoms with E-state index in [1.54, 1.807) is 0 Å². The summed E-state index contributed by atoms with van der Waals surface area (Å²) in [5, 5.41) is 0. The van der Waals surface area contributed by atoms with E-state index in [-0.39, 0.29) is 5.91 Å². The Morgan fingerprint density at radius 3 is 2.63 bits per heavy atom. The molecule has 0 spiro atoms. The first-order chi connectivity index (χ1) is 9.00. The Kier molecular flexibility index (Phi) is 4.67. The summed E-state index contributed by atoms with van der Waals surface area (Å²) in [6.07, 6.45) is 4.90. The fourth-order valence-electron chi connectivity index (χ4n) is 3.01. The molecule has 1 aliphatic rings. The second-order valence-corrected chi connectivity index (χ2v) is 6.58. The van der Waals surface area contributed by atoms with Gasteiger partial charge in [-0.25, -0.2) is 0 Å². The van der Waals surface area contributed by atoms with Crippen molar-refractivity contribution in [2.75, 3.05) is 7.05 Å². The Morgan fingerprint density at radius 1 is 1.32 bits per heavy atom. The lowest BCUT2D eigenvalue weighted by atomic mass is 9.85. The maximum absolute atomic E-state index is 12.6. The van der Waals surface area contributed by atoms with Crippen LogP contribution in [-0.4, -0.2) is 23.9 Å². The predicted octanol–water partition coefficient (Wildman–Crippen LogP) is 4.41. The van der Waals surface area contributed by atoms with E-state index in [1.807, 2.05) is 37.1 Å². The minimum atomic E-state index is 0.130. The minimum Gasteiger partial charge on any atom is -0.338 e. The van der Waals surface area contributed by atoms with Crippen LogP contribution in [0.15, 0.2) is 22.7 Å². The molecule has 2 atom stereocenters. The van der Waals surface area contributed by atoms with Crippen molar-refractivity contribution in [2.45, 2.75) is 45.6 Å². The molecule has 1 aromatic carbocycles. The summed E-state index contributed by atoms with van der Waals surface area (Å²) in [6.45, 7) is 4.30. The van der Waals surface area contributed by atoms with Crippen LogP contribution in [0.1, 0.15) is 48.5 Å². The zero-order valence-corrected chi connectivity index (χ0v) is 13.5. The Morgan fingerprint density at radius 2 is 2.00 bits per heavy atom. The average molecular weight is 324 g/mol. The molecule has 1 aromatic rings. The van der Waals surface area contributed by atoms with Gasteiger partial charge in [0, 0.05) is 17.6 Å². The van der Waals surface area contributed by atoms with Crippen molar-refractivity contribution < 1.29 is 4.79 Å². The summed E-state index contributed by atoms with van der Waals surface area (Å²) in [7, 11) is 1.95. The van der Waals surface area contributed by atoms with Gasteiger partial charge in [0.05, 0.1) is 5.56 Å². The lowest BCUT2D eigenvalue weighted by Crippen LogP contribution is -2.42. The molecule has 0 aliphatic heterocycles. The number of rotatable bonds is 2. The highest BCUT2D eigenvalue weighted by molar-refractivity contribution is 9.10. The molecule has 1 amide bonds. The number of carbonyl (C=O) groups excluding carboxylic acids is 1. The zero-order chi connectivity index (χ0) is 14.0. The fraction of sp³-hybridized carbons (Fsp3) is 0.562. The average Bonchev–Trinajstić information content (AvgIpc) is 2.38. The van der Waals surface area contributed by atoms with Gasteiger partial charge >= 0.3 is 0 Å². The lowest BCUT2D eigenvalue weighted by Gasteiger charge is -2.36. The molecule has 3 heteroatoms. The van der Waals surface area contributed by atoms with Gasteiger partial charge in [0.25, 0.3) is 5.91 Å². The topological polar surface area (TPSA) is 20.3 Å². The third kappa shape index (κ3) is 3.19. The molecule has 0 radical (unpaired) electrons. The molecule has 0 saturated heterocycles. The molecule has 1 aliphatic carbocycles. The second kappa shape index (κ2) is 6.08. The summed E-state index contributed by atoms with van der Waals surface area (Å²) in [5.41, 5.74) is 1.93. The molecule has 1 saturated carbocycles. The third-order valence-corrected chi connectivity index (χ3v) is 4.90. The van der Waals surface area contributed by atoms with Crippen molar-refractivity contribution in [2.24, 2.45) is 5.92 Å². The summed E-state index contributed by atoms with van der Waals surface area (Å²) in [5.74, 6) is 0.734. The van der Waals surface area contributed by atoms with E-state index in [0.29, 0.717) is 12.0 Å². The predicted molar refractivity (Wildman–Crippen MR) is 82.4 cm³/mol. The molecule has 1 fully saturated rings. The zero-order valence-electron chi connectivity index (χ0n) is 11.9. The van der Waals surface area contributed by atoms with Gasteiger partial charge in [0.1, 0.15) is 0 Å². The Bertz CT molecular complexity index is 472. The van der Waals surface area contributed by atoms with Gasteiger partial charge < -0.3 is 4.90 Å². The van der Waals surface area contributed by atoms with Crippen molar-refractivity contribution in [1.29, 1.82) is 0 Å². The number of amides is 1. The highest BCUT2D eigenvalue weighted by Crippen LogP contribution is 2.29. The van der Waals surface area contributed by atoms with Crippen molar-refractivity contribution in [3.8, 4) is 0 Å². The molecule has 2 nitrogen and oxygen atoms in total. The molecule has 19 heavy (non-hydrogen) atoms. The van der Waals surface area contributed by atoms with E-state index in [2.05, 4.69) is 22.9 Å². The van der Waals surface area contributed by atoms with E-state index >= 15 is 0 Å². The summed E-state index contributed by atoms with van der Waals surface area (Å²) in [6, 6.07) is 6.31. The molecule has 2 rings (SSSR count). The van der Waals surface area contributed by atoms with Gasteiger partial charge in [-0.2, -0.15) is 0 Å². The number of benzene rings is 1. The van der Waals surface area contributed by atoms with Gasteiger partial charge in [0.15, 0.2) is 0 Å². The Hall–Kier alpha value is -0.830. The van der Waals surface area contributed by atoms with Crippen LogP contribution in [0.4, 0.5) is 0 Å². The molecule has 0 heterocycles. The van der Waals surface area contributed by atoms with Gasteiger partial charge in [0.2, 0.25) is 0 Å². The normalized spacial score (nSPS) is 23.2. The van der Waals surface area contributed by atoms with E-state index < -0.39 is 0 Å². The molecular weight excluding hydrogens is 302 g/mol. The minimum absolute atomic E-state index is 0.130. The van der Waals surface area contributed by atoms with Gasteiger partial charge in [-0.1, -0.05) is 25.8 Å². The van der Waals surface area contributed by atoms with Crippen LogP contribution in [0.2, 0.25) is 0 Å². The number of halogens is 1. The molecule has 104 valence electrons. The fourth-order valence-corrected chi connectivity index (χ4v) is 3.67. The van der Waals surface area contributed by atoms with E-state index in [9.17, 15) is 4.79 Å². The maximum atomic E-state index is 12.6. The van der Waals surface area contributed by atoms with Crippen molar-refractivity contribution in [3.05, 3.63) is 33.8 Å². The van der Waals surface area contributed by atoms with Crippen LogP contribution in [0, 0.1) is 12.8 Å². The summed E-state index contributed by atoms with van der Waals surface area (Å²) >= 11 is 3.51. The van der Waals surface area contributed by atoms with E-state index in [0.717, 1.165) is 22.0 Å². The molecule has 2 unspecified atom stereocenters. The lowest BCUT2D eigenvalue weighted by molar-refractivity contribution is 0.0628. The summed E-state index contributed by atoms with van der Waals surface area (Å²) < 4.78 is 0.896. The van der Waals surface area contributed by atoms with Gasteiger partial charge in [-0.3, -0.25) is 4.79 Å². The first kappa shape index (κ1) is 14.6. The van der Waals surface area contributed by atoms with Crippen LogP contribution in [0.25, 0.3) is 0 Å². The first-order valence-electron chi connectivity index (χ1n) is 7.04. The highest BCUT2D eigenvalue weighted by Gasteiger charge is 2.28. The standard InChI is InChI=1S/C16H22BrNO/c1-11-8-9-13(14(17)10-11)16(19)18(3)15-7-5-4-6-12(15)2/h8-10,12,15H,4-7H2,1-3H3. The Labute approximate surface area is 124 Å². The molecule has 0 bridgehead atoms. The first-order valence-corrected chi connectivity index (χ1v) is 7.83. The number of carbonyl (C=O) groups is 1. The smallest absolute Gasteiger partial charge is 0.254 e. The third-order valence-electron chi connectivity index (χ3n) is 4.24. The van der Waals surface area contributed by atoms with Crippen LogP contribution < -0.4 is 0 Å². The van der Waals surface area contributed by atoms with Gasteiger partial charge in [-0.05, 0) is 59.3 Å². The Balaban J connectivity index is 2.18. The monoisotopic (exact) mass is 323 g/mol. The number of nitrogens with zero attached hydrogens (tertiary/aromatic N) is 1. The quantitative estimate of drug-likeness (QED) is 0.789. The van der Waals surface area contributed by atoms with Gasteiger partial charge in [-0.15, -0.1) is 0 Å². The van der Waals surface area contributed by atoms with Crippen LogP contribution in [0.5, 0.6) is 0 Å². The number of hydrogen-bond donors (Lipinski definition) is 0.